The largest absolute Gasteiger partial charge is 0.505 e. The molecule has 6 heteroatoms. The summed E-state index contributed by atoms with van der Waals surface area (Å²) in [5.74, 6) is -0.792. The third-order valence-electron chi connectivity index (χ3n) is 3.36. The van der Waals surface area contributed by atoms with Crippen LogP contribution >= 0.6 is 24.8 Å². The smallest absolute Gasteiger partial charge is 0.165 e. The van der Waals surface area contributed by atoms with Crippen molar-refractivity contribution in [1.29, 1.82) is 0 Å². The molecule has 0 bridgehead atoms. The number of para-hydroxylation sites is 1. The maximum absolute atomic E-state index is 13.4. The molecule has 0 radical (unpaired) electrons. The van der Waals surface area contributed by atoms with Gasteiger partial charge in [0.1, 0.15) is 0 Å². The molecule has 0 aliphatic carbocycles. The van der Waals surface area contributed by atoms with Gasteiger partial charge in [-0.2, -0.15) is 0 Å². The van der Waals surface area contributed by atoms with Gasteiger partial charge in [0.05, 0.1) is 0 Å². The molecule has 2 rings (SSSR count). The van der Waals surface area contributed by atoms with E-state index in [0.717, 1.165) is 26.2 Å². The van der Waals surface area contributed by atoms with Gasteiger partial charge in [-0.15, -0.1) is 31.4 Å². The zero-order valence-corrected chi connectivity index (χ0v) is 12.9. The Morgan fingerprint density at radius 2 is 2.00 bits per heavy atom. The molecule has 0 amide bonds. The van der Waals surface area contributed by atoms with E-state index in [9.17, 15) is 9.50 Å². The minimum atomic E-state index is -0.559. The molecule has 1 atom stereocenters. The number of phenols is 1. The van der Waals surface area contributed by atoms with E-state index < -0.39 is 5.82 Å². The van der Waals surface area contributed by atoms with Crippen LogP contribution in [0.15, 0.2) is 30.9 Å². The minimum absolute atomic E-state index is 0. The predicted octanol–water partition coefficient (Wildman–Crippen LogP) is 2.90. The first-order chi connectivity index (χ1) is 8.74. The number of benzene rings is 1. The van der Waals surface area contributed by atoms with Gasteiger partial charge in [0.25, 0.3) is 0 Å². The van der Waals surface area contributed by atoms with E-state index in [1.165, 1.54) is 6.07 Å². The second kappa shape index (κ2) is 9.19. The lowest BCUT2D eigenvalue weighted by atomic mass is 10.00. The number of aromatic hydroxyl groups is 1. The number of nitrogens with one attached hydrogen (secondary N) is 1. The quantitative estimate of drug-likeness (QED) is 0.837. The Morgan fingerprint density at radius 3 is 2.60 bits per heavy atom. The average molecular weight is 323 g/mol. The van der Waals surface area contributed by atoms with Crippen molar-refractivity contribution in [1.82, 2.24) is 10.2 Å². The van der Waals surface area contributed by atoms with Crippen LogP contribution in [0.1, 0.15) is 18.0 Å². The summed E-state index contributed by atoms with van der Waals surface area (Å²) >= 11 is 0. The summed E-state index contributed by atoms with van der Waals surface area (Å²) in [4.78, 5) is 2.26. The van der Waals surface area contributed by atoms with E-state index in [0.29, 0.717) is 12.0 Å². The van der Waals surface area contributed by atoms with Gasteiger partial charge >= 0.3 is 0 Å². The summed E-state index contributed by atoms with van der Waals surface area (Å²) < 4.78 is 13.4. The minimum Gasteiger partial charge on any atom is -0.505 e. The lowest BCUT2D eigenvalue weighted by Crippen LogP contribution is -2.45. The molecule has 1 aliphatic heterocycles. The fraction of sp³-hybridized carbons (Fsp3) is 0.429. The van der Waals surface area contributed by atoms with Crippen LogP contribution in [-0.2, 0) is 0 Å². The van der Waals surface area contributed by atoms with Crippen molar-refractivity contribution in [2.75, 3.05) is 26.2 Å². The van der Waals surface area contributed by atoms with Gasteiger partial charge < -0.3 is 10.4 Å². The van der Waals surface area contributed by atoms with Crippen LogP contribution in [-0.4, -0.2) is 36.2 Å². The SMILES string of the molecule is C=CC[C@@H](c1cccc(F)c1O)N1CCNCC1.Cl.Cl. The first kappa shape index (κ1) is 19.2. The van der Waals surface area contributed by atoms with E-state index in [4.69, 9.17) is 0 Å². The Hall–Kier alpha value is -0.810. The van der Waals surface area contributed by atoms with Crippen molar-refractivity contribution in [3.8, 4) is 5.75 Å². The fourth-order valence-electron chi connectivity index (χ4n) is 2.43. The first-order valence-electron chi connectivity index (χ1n) is 6.27. The van der Waals surface area contributed by atoms with Crippen LogP contribution in [0.3, 0.4) is 0 Å². The number of rotatable bonds is 4. The highest BCUT2D eigenvalue weighted by molar-refractivity contribution is 5.85. The van der Waals surface area contributed by atoms with E-state index in [1.54, 1.807) is 12.1 Å². The van der Waals surface area contributed by atoms with Crippen molar-refractivity contribution in [2.45, 2.75) is 12.5 Å². The van der Waals surface area contributed by atoms with Crippen molar-refractivity contribution >= 4 is 24.8 Å². The highest BCUT2D eigenvalue weighted by Gasteiger charge is 2.24. The molecule has 0 saturated carbocycles. The molecule has 1 aromatic carbocycles. The Kier molecular flexibility index (Phi) is 8.81. The third-order valence-corrected chi connectivity index (χ3v) is 3.36. The van der Waals surface area contributed by atoms with Crippen LogP contribution in [0.5, 0.6) is 5.75 Å². The monoisotopic (exact) mass is 322 g/mol. The summed E-state index contributed by atoms with van der Waals surface area (Å²) in [5.41, 5.74) is 0.650. The molecule has 1 aromatic rings. The van der Waals surface area contributed by atoms with E-state index >= 15 is 0 Å². The molecule has 114 valence electrons. The Bertz CT molecular complexity index is 426. The molecule has 0 aromatic heterocycles. The van der Waals surface area contributed by atoms with E-state index in [2.05, 4.69) is 16.8 Å². The maximum Gasteiger partial charge on any atom is 0.165 e. The zero-order chi connectivity index (χ0) is 13.0. The molecule has 1 saturated heterocycles. The van der Waals surface area contributed by atoms with Crippen molar-refractivity contribution in [2.24, 2.45) is 0 Å². The van der Waals surface area contributed by atoms with Crippen LogP contribution in [0.4, 0.5) is 4.39 Å². The van der Waals surface area contributed by atoms with Crippen molar-refractivity contribution < 1.29 is 9.50 Å². The fourth-order valence-corrected chi connectivity index (χ4v) is 2.43. The summed E-state index contributed by atoms with van der Waals surface area (Å²) in [6, 6.07) is 4.71. The lowest BCUT2D eigenvalue weighted by molar-refractivity contribution is 0.171. The summed E-state index contributed by atoms with van der Waals surface area (Å²) in [5, 5.41) is 13.2. The number of hydrogen-bond acceptors (Lipinski definition) is 3. The maximum atomic E-state index is 13.4. The topological polar surface area (TPSA) is 35.5 Å². The average Bonchev–Trinajstić information content (AvgIpc) is 2.41. The normalized spacial score (nSPS) is 16.6. The first-order valence-corrected chi connectivity index (χ1v) is 6.27. The van der Waals surface area contributed by atoms with Crippen molar-refractivity contribution in [3.05, 3.63) is 42.2 Å². The number of piperazine rings is 1. The lowest BCUT2D eigenvalue weighted by Gasteiger charge is -2.35. The van der Waals surface area contributed by atoms with Crippen molar-refractivity contribution in [3.63, 3.8) is 0 Å². The molecule has 3 nitrogen and oxygen atoms in total. The summed E-state index contributed by atoms with van der Waals surface area (Å²) in [7, 11) is 0. The molecule has 1 aliphatic rings. The Morgan fingerprint density at radius 1 is 1.35 bits per heavy atom. The van der Waals surface area contributed by atoms with E-state index in [-0.39, 0.29) is 36.6 Å². The second-order valence-electron chi connectivity index (χ2n) is 4.50. The number of hydrogen-bond donors (Lipinski definition) is 2. The molecule has 0 spiro atoms. The molecular weight excluding hydrogens is 302 g/mol. The molecule has 0 unspecified atom stereocenters. The third kappa shape index (κ3) is 4.35. The highest BCUT2D eigenvalue weighted by atomic mass is 35.5. The summed E-state index contributed by atoms with van der Waals surface area (Å²) in [6.45, 7) is 7.39. The number of nitrogens with zero attached hydrogens (tertiary/aromatic N) is 1. The van der Waals surface area contributed by atoms with E-state index in [1.807, 2.05) is 6.08 Å². The molecule has 20 heavy (non-hydrogen) atoms. The van der Waals surface area contributed by atoms with Crippen LogP contribution in [0.25, 0.3) is 0 Å². The standard InChI is InChI=1S/C14H19FN2O.2ClH/c1-2-4-13(17-9-7-16-8-10-17)11-5-3-6-12(15)14(11)18;;/h2-3,5-6,13,16,18H,1,4,7-10H2;2*1H/t13-;;/m0../s1. The highest BCUT2D eigenvalue weighted by Crippen LogP contribution is 2.33. The van der Waals surface area contributed by atoms with Gasteiger partial charge in [0, 0.05) is 37.8 Å². The molecular formula is C14H21Cl2FN2O. The zero-order valence-electron chi connectivity index (χ0n) is 11.2. The van der Waals surface area contributed by atoms with Crippen LogP contribution in [0.2, 0.25) is 0 Å². The van der Waals surface area contributed by atoms with Gasteiger partial charge in [-0.3, -0.25) is 4.90 Å². The van der Waals surface area contributed by atoms with Crippen LogP contribution in [0, 0.1) is 5.82 Å². The second-order valence-corrected chi connectivity index (χ2v) is 4.50. The van der Waals surface area contributed by atoms with Gasteiger partial charge in [0.15, 0.2) is 11.6 Å². The van der Waals surface area contributed by atoms with Gasteiger partial charge in [0.2, 0.25) is 0 Å². The predicted molar refractivity (Wildman–Crippen MR) is 84.6 cm³/mol. The molecule has 1 fully saturated rings. The van der Waals surface area contributed by atoms with Gasteiger partial charge in [-0.25, -0.2) is 4.39 Å². The summed E-state index contributed by atoms with van der Waals surface area (Å²) in [6.07, 6.45) is 2.52. The van der Waals surface area contributed by atoms with Gasteiger partial charge in [-0.1, -0.05) is 18.2 Å². The molecule has 1 heterocycles. The Labute approximate surface area is 131 Å². The number of halogens is 3. The Balaban J connectivity index is 0.00000180. The number of phenolic OH excluding ortho intramolecular Hbond substituents is 1. The molecule has 2 N–H and O–H groups in total. The van der Waals surface area contributed by atoms with Crippen LogP contribution < -0.4 is 5.32 Å². The van der Waals surface area contributed by atoms with Gasteiger partial charge in [-0.05, 0) is 12.5 Å².